The van der Waals surface area contributed by atoms with Crippen molar-refractivity contribution in [2.75, 3.05) is 16.6 Å². The number of nitrogens with one attached hydrogen (secondary N) is 2. The molecule has 2 N–H and O–H groups in total. The van der Waals surface area contributed by atoms with E-state index in [1.54, 1.807) is 13.0 Å². The predicted molar refractivity (Wildman–Crippen MR) is 117 cm³/mol. The Morgan fingerprint density at radius 2 is 1.74 bits per heavy atom. The second-order valence-corrected chi connectivity index (χ2v) is 8.48. The van der Waals surface area contributed by atoms with Crippen LogP contribution in [0.4, 0.5) is 11.5 Å². The molecule has 0 spiro atoms. The van der Waals surface area contributed by atoms with Crippen molar-refractivity contribution in [2.24, 2.45) is 0 Å². The summed E-state index contributed by atoms with van der Waals surface area (Å²) in [5.74, 6) is 0.812. The maximum Gasteiger partial charge on any atom is 0.263 e. The summed E-state index contributed by atoms with van der Waals surface area (Å²) in [6, 6.07) is 20.7. The molecular weight excluding hydrogens is 418 g/mol. The number of nitrogens with zero attached hydrogens (tertiary/aromatic N) is 1. The lowest BCUT2D eigenvalue weighted by molar-refractivity contribution is -0.118. The van der Waals surface area contributed by atoms with Gasteiger partial charge in [0.05, 0.1) is 4.90 Å². The smallest absolute Gasteiger partial charge is 0.263 e. The van der Waals surface area contributed by atoms with Gasteiger partial charge in [-0.3, -0.25) is 9.52 Å². The molecular formula is C22H19N3O5S. The summed E-state index contributed by atoms with van der Waals surface area (Å²) in [6.45, 7) is 1.48. The zero-order chi connectivity index (χ0) is 21.8. The van der Waals surface area contributed by atoms with Crippen LogP contribution in [-0.2, 0) is 14.8 Å². The zero-order valence-electron chi connectivity index (χ0n) is 16.5. The number of hydrogen-bond acceptors (Lipinski definition) is 6. The molecule has 0 aliphatic heterocycles. The van der Waals surface area contributed by atoms with E-state index in [4.69, 9.17) is 9.26 Å². The largest absolute Gasteiger partial charge is 0.484 e. The lowest BCUT2D eigenvalue weighted by Crippen LogP contribution is -2.20. The minimum Gasteiger partial charge on any atom is -0.484 e. The number of anilines is 2. The van der Waals surface area contributed by atoms with E-state index in [1.165, 1.54) is 30.3 Å². The number of benzene rings is 3. The third kappa shape index (κ3) is 5.01. The van der Waals surface area contributed by atoms with Crippen LogP contribution < -0.4 is 14.8 Å². The fourth-order valence-corrected chi connectivity index (χ4v) is 3.92. The first-order valence-electron chi connectivity index (χ1n) is 9.37. The molecule has 0 saturated heterocycles. The maximum atomic E-state index is 12.4. The number of hydrogen-bond donors (Lipinski definition) is 2. The van der Waals surface area contributed by atoms with Crippen LogP contribution >= 0.6 is 0 Å². The summed E-state index contributed by atoms with van der Waals surface area (Å²) in [4.78, 5) is 12.2. The van der Waals surface area contributed by atoms with Gasteiger partial charge in [-0.05, 0) is 54.1 Å². The maximum absolute atomic E-state index is 12.4. The van der Waals surface area contributed by atoms with E-state index in [2.05, 4.69) is 15.2 Å². The molecule has 8 nitrogen and oxygen atoms in total. The molecule has 0 radical (unpaired) electrons. The Kier molecular flexibility index (Phi) is 5.59. The highest BCUT2D eigenvalue weighted by Gasteiger charge is 2.16. The molecule has 0 saturated carbocycles. The van der Waals surface area contributed by atoms with E-state index < -0.39 is 10.0 Å². The molecule has 1 amide bonds. The first kappa shape index (κ1) is 20.4. The average molecular weight is 437 g/mol. The lowest BCUT2D eigenvalue weighted by Gasteiger charge is -2.09. The van der Waals surface area contributed by atoms with Crippen molar-refractivity contribution < 1.29 is 22.5 Å². The average Bonchev–Trinajstić information content (AvgIpc) is 3.16. The number of fused-ring (bicyclic) bond motifs is 1. The standard InChI is InChI=1S/C22H19N3O5S/c1-15-12-21(24-30-15)25-31(27,28)20-10-7-18(8-11-20)23-22(26)14-29-19-9-6-16-4-2-3-5-17(16)13-19/h2-13H,14H2,1H3,(H,23,26)(H,24,25). The number of rotatable bonds is 7. The van der Waals surface area contributed by atoms with Gasteiger partial charge in [0.15, 0.2) is 12.4 Å². The molecule has 3 aromatic carbocycles. The van der Waals surface area contributed by atoms with Crippen LogP contribution in [0, 0.1) is 6.92 Å². The highest BCUT2D eigenvalue weighted by atomic mass is 32.2. The van der Waals surface area contributed by atoms with E-state index in [0.29, 0.717) is 17.2 Å². The van der Waals surface area contributed by atoms with Crippen molar-refractivity contribution in [2.45, 2.75) is 11.8 Å². The monoisotopic (exact) mass is 437 g/mol. The molecule has 1 heterocycles. The molecule has 0 aliphatic rings. The third-order valence-corrected chi connectivity index (χ3v) is 5.78. The van der Waals surface area contributed by atoms with E-state index >= 15 is 0 Å². The van der Waals surface area contributed by atoms with Gasteiger partial charge in [-0.1, -0.05) is 35.5 Å². The molecule has 9 heteroatoms. The highest BCUT2D eigenvalue weighted by molar-refractivity contribution is 7.92. The fourth-order valence-electron chi connectivity index (χ4n) is 2.93. The van der Waals surface area contributed by atoms with E-state index in [0.717, 1.165) is 10.8 Å². The van der Waals surface area contributed by atoms with Gasteiger partial charge in [0.25, 0.3) is 15.9 Å². The summed E-state index contributed by atoms with van der Waals surface area (Å²) in [7, 11) is -3.82. The van der Waals surface area contributed by atoms with Crippen LogP contribution in [0.3, 0.4) is 0 Å². The second kappa shape index (κ2) is 8.49. The summed E-state index contributed by atoms with van der Waals surface area (Å²) in [5, 5.41) is 8.39. The number of aryl methyl sites for hydroxylation is 1. The minimum atomic E-state index is -3.82. The minimum absolute atomic E-state index is 0.0264. The van der Waals surface area contributed by atoms with Crippen molar-refractivity contribution in [1.82, 2.24) is 5.16 Å². The molecule has 0 bridgehead atoms. The van der Waals surface area contributed by atoms with Crippen LogP contribution in [0.15, 0.2) is 82.2 Å². The van der Waals surface area contributed by atoms with Crippen LogP contribution in [0.5, 0.6) is 5.75 Å². The lowest BCUT2D eigenvalue weighted by atomic mass is 10.1. The van der Waals surface area contributed by atoms with Gasteiger partial charge < -0.3 is 14.6 Å². The van der Waals surface area contributed by atoms with Crippen molar-refractivity contribution in [1.29, 1.82) is 0 Å². The van der Waals surface area contributed by atoms with E-state index in [9.17, 15) is 13.2 Å². The number of ether oxygens (including phenoxy) is 1. The number of aromatic nitrogens is 1. The van der Waals surface area contributed by atoms with Crippen molar-refractivity contribution in [3.63, 3.8) is 0 Å². The molecule has 158 valence electrons. The fraction of sp³-hybridized carbons (Fsp3) is 0.0909. The molecule has 0 fully saturated rings. The van der Waals surface area contributed by atoms with Crippen LogP contribution in [0.2, 0.25) is 0 Å². The van der Waals surface area contributed by atoms with Gasteiger partial charge in [0.2, 0.25) is 0 Å². The van der Waals surface area contributed by atoms with Crippen molar-refractivity contribution in [3.05, 3.63) is 78.6 Å². The number of carbonyl (C=O) groups is 1. The summed E-state index contributed by atoms with van der Waals surface area (Å²) >= 11 is 0. The number of sulfonamides is 1. The molecule has 0 aliphatic carbocycles. The van der Waals surface area contributed by atoms with Gasteiger partial charge in [0.1, 0.15) is 11.5 Å². The third-order valence-electron chi connectivity index (χ3n) is 4.41. The number of carbonyl (C=O) groups excluding carboxylic acids is 1. The van der Waals surface area contributed by atoms with Gasteiger partial charge in [0, 0.05) is 11.8 Å². The topological polar surface area (TPSA) is 111 Å². The van der Waals surface area contributed by atoms with Crippen molar-refractivity contribution in [3.8, 4) is 5.75 Å². The van der Waals surface area contributed by atoms with Crippen LogP contribution in [-0.4, -0.2) is 26.1 Å². The Balaban J connectivity index is 1.35. The van der Waals surface area contributed by atoms with E-state index in [-0.39, 0.29) is 23.2 Å². The predicted octanol–water partition coefficient (Wildman–Crippen LogP) is 3.95. The number of amides is 1. The van der Waals surface area contributed by atoms with Crippen molar-refractivity contribution >= 4 is 38.2 Å². The Morgan fingerprint density at radius 3 is 2.45 bits per heavy atom. The highest BCUT2D eigenvalue weighted by Crippen LogP contribution is 2.21. The SMILES string of the molecule is Cc1cc(NS(=O)(=O)c2ccc(NC(=O)COc3ccc4ccccc4c3)cc2)no1. The normalized spacial score (nSPS) is 11.3. The zero-order valence-corrected chi connectivity index (χ0v) is 17.3. The Bertz CT molecular complexity index is 1330. The van der Waals surface area contributed by atoms with Crippen LogP contribution in [0.25, 0.3) is 10.8 Å². The first-order chi connectivity index (χ1) is 14.9. The Morgan fingerprint density at radius 1 is 1.00 bits per heavy atom. The summed E-state index contributed by atoms with van der Waals surface area (Å²) in [6.07, 6.45) is 0. The molecule has 4 rings (SSSR count). The first-order valence-corrected chi connectivity index (χ1v) is 10.8. The molecule has 31 heavy (non-hydrogen) atoms. The summed E-state index contributed by atoms with van der Waals surface area (Å²) in [5.41, 5.74) is 0.448. The van der Waals surface area contributed by atoms with Gasteiger partial charge in [-0.2, -0.15) is 0 Å². The summed E-state index contributed by atoms with van der Waals surface area (Å²) < 4.78 is 37.5. The molecule has 0 unspecified atom stereocenters. The second-order valence-electron chi connectivity index (χ2n) is 6.80. The van der Waals surface area contributed by atoms with E-state index in [1.807, 2.05) is 36.4 Å². The molecule has 0 atom stereocenters. The molecule has 4 aromatic rings. The van der Waals surface area contributed by atoms with Gasteiger partial charge >= 0.3 is 0 Å². The quantitative estimate of drug-likeness (QED) is 0.453. The van der Waals surface area contributed by atoms with Crippen LogP contribution in [0.1, 0.15) is 5.76 Å². The Hall–Kier alpha value is -3.85. The van der Waals surface area contributed by atoms with Gasteiger partial charge in [-0.25, -0.2) is 8.42 Å². The molecule has 1 aromatic heterocycles. The van der Waals surface area contributed by atoms with Gasteiger partial charge in [-0.15, -0.1) is 0 Å². The Labute approximate surface area is 178 Å².